The average molecular weight is 254 g/mol. The van der Waals surface area contributed by atoms with Gasteiger partial charge in [0.2, 0.25) is 0 Å². The molecule has 1 heterocycles. The van der Waals surface area contributed by atoms with E-state index in [1.54, 1.807) is 7.11 Å². The molecule has 0 bridgehead atoms. The van der Waals surface area contributed by atoms with E-state index in [0.29, 0.717) is 5.38 Å². The molecular formula is C14H20ClNO. The highest BCUT2D eigenvalue weighted by molar-refractivity contribution is 6.20. The van der Waals surface area contributed by atoms with Gasteiger partial charge in [-0.25, -0.2) is 0 Å². The SMILES string of the molecule is COc1ccc(C)cc1CN1CCCC(Cl)C1. The standard InChI is InChI=1S/C14H20ClNO/c1-11-5-6-14(17-2)12(8-11)9-16-7-3-4-13(15)10-16/h5-6,8,13H,3-4,7,9-10H2,1-2H3. The lowest BCUT2D eigenvalue weighted by atomic mass is 10.1. The van der Waals surface area contributed by atoms with Crippen LogP contribution in [0.25, 0.3) is 0 Å². The van der Waals surface area contributed by atoms with Crippen LogP contribution in [-0.2, 0) is 6.54 Å². The van der Waals surface area contributed by atoms with E-state index in [-0.39, 0.29) is 0 Å². The van der Waals surface area contributed by atoms with Crippen LogP contribution in [0.15, 0.2) is 18.2 Å². The van der Waals surface area contributed by atoms with E-state index in [1.165, 1.54) is 17.5 Å². The molecule has 1 saturated heterocycles. The lowest BCUT2D eigenvalue weighted by molar-refractivity contribution is 0.221. The van der Waals surface area contributed by atoms with Crippen molar-refractivity contribution in [1.82, 2.24) is 4.90 Å². The van der Waals surface area contributed by atoms with Gasteiger partial charge in [-0.15, -0.1) is 11.6 Å². The zero-order valence-corrected chi connectivity index (χ0v) is 11.3. The van der Waals surface area contributed by atoms with Gasteiger partial charge >= 0.3 is 0 Å². The molecule has 3 heteroatoms. The second-order valence-electron chi connectivity index (χ2n) is 4.79. The predicted molar refractivity (Wildman–Crippen MR) is 71.9 cm³/mol. The van der Waals surface area contributed by atoms with Crippen LogP contribution in [0, 0.1) is 6.92 Å². The Balaban J connectivity index is 2.08. The molecule has 0 amide bonds. The van der Waals surface area contributed by atoms with Crippen LogP contribution in [0.2, 0.25) is 0 Å². The normalized spacial score (nSPS) is 21.5. The van der Waals surface area contributed by atoms with E-state index >= 15 is 0 Å². The number of rotatable bonds is 3. The van der Waals surface area contributed by atoms with Gasteiger partial charge < -0.3 is 4.74 Å². The smallest absolute Gasteiger partial charge is 0.123 e. The highest BCUT2D eigenvalue weighted by Crippen LogP contribution is 2.24. The Labute approximate surface area is 109 Å². The van der Waals surface area contributed by atoms with E-state index in [1.807, 2.05) is 6.07 Å². The third-order valence-corrected chi connectivity index (χ3v) is 3.63. The lowest BCUT2D eigenvalue weighted by Crippen LogP contribution is -2.35. The monoisotopic (exact) mass is 253 g/mol. The number of likely N-dealkylation sites (tertiary alicyclic amines) is 1. The first-order chi connectivity index (χ1) is 8.19. The molecule has 94 valence electrons. The minimum absolute atomic E-state index is 0.305. The molecule has 1 aromatic carbocycles. The summed E-state index contributed by atoms with van der Waals surface area (Å²) in [5, 5.41) is 0.305. The maximum Gasteiger partial charge on any atom is 0.123 e. The van der Waals surface area contributed by atoms with Gasteiger partial charge in [-0.05, 0) is 32.4 Å². The number of methoxy groups -OCH3 is 1. The van der Waals surface area contributed by atoms with Crippen molar-refractivity contribution in [2.45, 2.75) is 31.7 Å². The zero-order valence-electron chi connectivity index (χ0n) is 10.6. The molecule has 2 rings (SSSR count). The second kappa shape index (κ2) is 5.74. The topological polar surface area (TPSA) is 12.5 Å². The maximum absolute atomic E-state index is 6.21. The molecule has 0 aromatic heterocycles. The molecule has 1 aliphatic rings. The summed E-state index contributed by atoms with van der Waals surface area (Å²) in [7, 11) is 1.73. The summed E-state index contributed by atoms with van der Waals surface area (Å²) < 4.78 is 5.41. The highest BCUT2D eigenvalue weighted by atomic mass is 35.5. The number of nitrogens with zero attached hydrogens (tertiary/aromatic N) is 1. The number of aryl methyl sites for hydroxylation is 1. The quantitative estimate of drug-likeness (QED) is 0.767. The van der Waals surface area contributed by atoms with E-state index in [4.69, 9.17) is 16.3 Å². The third kappa shape index (κ3) is 3.36. The summed E-state index contributed by atoms with van der Waals surface area (Å²) in [6.07, 6.45) is 2.34. The molecule has 1 fully saturated rings. The maximum atomic E-state index is 6.21. The van der Waals surface area contributed by atoms with Gasteiger partial charge in [0.25, 0.3) is 0 Å². The number of benzene rings is 1. The van der Waals surface area contributed by atoms with E-state index in [2.05, 4.69) is 24.0 Å². The number of piperidine rings is 1. The summed E-state index contributed by atoms with van der Waals surface area (Å²) in [5.41, 5.74) is 2.54. The average Bonchev–Trinajstić information content (AvgIpc) is 2.29. The molecule has 17 heavy (non-hydrogen) atoms. The van der Waals surface area contributed by atoms with Gasteiger partial charge in [0.05, 0.1) is 7.11 Å². The number of hydrogen-bond acceptors (Lipinski definition) is 2. The predicted octanol–water partition coefficient (Wildman–Crippen LogP) is 3.21. The molecule has 1 aliphatic heterocycles. The summed E-state index contributed by atoms with van der Waals surface area (Å²) in [6, 6.07) is 6.34. The Morgan fingerprint density at radius 2 is 2.29 bits per heavy atom. The lowest BCUT2D eigenvalue weighted by Gasteiger charge is -2.30. The fourth-order valence-electron chi connectivity index (χ4n) is 2.41. The van der Waals surface area contributed by atoms with Crippen LogP contribution in [-0.4, -0.2) is 30.5 Å². The molecule has 1 unspecified atom stereocenters. The fraction of sp³-hybridized carbons (Fsp3) is 0.571. The first-order valence-electron chi connectivity index (χ1n) is 6.19. The first-order valence-corrected chi connectivity index (χ1v) is 6.62. The molecule has 0 aliphatic carbocycles. The van der Waals surface area contributed by atoms with Crippen LogP contribution >= 0.6 is 11.6 Å². The minimum atomic E-state index is 0.305. The second-order valence-corrected chi connectivity index (χ2v) is 5.41. The molecular weight excluding hydrogens is 234 g/mol. The van der Waals surface area contributed by atoms with E-state index in [0.717, 1.165) is 31.8 Å². The Hall–Kier alpha value is -0.730. The van der Waals surface area contributed by atoms with Crippen molar-refractivity contribution in [2.24, 2.45) is 0 Å². The minimum Gasteiger partial charge on any atom is -0.496 e. The van der Waals surface area contributed by atoms with Crippen LogP contribution in [0.5, 0.6) is 5.75 Å². The summed E-state index contributed by atoms with van der Waals surface area (Å²) in [4.78, 5) is 2.42. The zero-order chi connectivity index (χ0) is 12.3. The molecule has 0 spiro atoms. The number of ether oxygens (including phenoxy) is 1. The molecule has 2 nitrogen and oxygen atoms in total. The van der Waals surface area contributed by atoms with Crippen molar-refractivity contribution < 1.29 is 4.74 Å². The molecule has 1 aromatic rings. The number of hydrogen-bond donors (Lipinski definition) is 0. The van der Waals surface area contributed by atoms with Gasteiger partial charge in [0.1, 0.15) is 5.75 Å². The van der Waals surface area contributed by atoms with Crippen LogP contribution in [0.1, 0.15) is 24.0 Å². The number of halogens is 1. The Kier molecular flexibility index (Phi) is 4.30. The first kappa shape index (κ1) is 12.7. The molecule has 0 saturated carbocycles. The molecule has 1 atom stereocenters. The van der Waals surface area contributed by atoms with Crippen molar-refractivity contribution in [3.63, 3.8) is 0 Å². The van der Waals surface area contributed by atoms with Gasteiger partial charge in [-0.2, -0.15) is 0 Å². The van der Waals surface area contributed by atoms with Crippen LogP contribution in [0.4, 0.5) is 0 Å². The summed E-state index contributed by atoms with van der Waals surface area (Å²) in [5.74, 6) is 0.979. The number of alkyl halides is 1. The van der Waals surface area contributed by atoms with E-state index < -0.39 is 0 Å². The van der Waals surface area contributed by atoms with Crippen LogP contribution < -0.4 is 4.74 Å². The third-order valence-electron chi connectivity index (χ3n) is 3.28. The van der Waals surface area contributed by atoms with Gasteiger partial charge in [-0.3, -0.25) is 4.90 Å². The van der Waals surface area contributed by atoms with E-state index in [9.17, 15) is 0 Å². The fourth-order valence-corrected chi connectivity index (χ4v) is 2.76. The van der Waals surface area contributed by atoms with Crippen molar-refractivity contribution in [3.8, 4) is 5.75 Å². The Morgan fingerprint density at radius 1 is 1.47 bits per heavy atom. The van der Waals surface area contributed by atoms with Crippen molar-refractivity contribution >= 4 is 11.6 Å². The summed E-state index contributed by atoms with van der Waals surface area (Å²) >= 11 is 6.21. The van der Waals surface area contributed by atoms with Crippen molar-refractivity contribution in [1.29, 1.82) is 0 Å². The van der Waals surface area contributed by atoms with Gasteiger partial charge in [-0.1, -0.05) is 17.7 Å². The molecule has 0 radical (unpaired) electrons. The van der Waals surface area contributed by atoms with Gasteiger partial charge in [0.15, 0.2) is 0 Å². The van der Waals surface area contributed by atoms with Gasteiger partial charge in [0, 0.05) is 24.0 Å². The Bertz CT molecular complexity index is 380. The Morgan fingerprint density at radius 3 is 3.00 bits per heavy atom. The molecule has 0 N–H and O–H groups in total. The highest BCUT2D eigenvalue weighted by Gasteiger charge is 2.18. The van der Waals surface area contributed by atoms with Crippen molar-refractivity contribution in [3.05, 3.63) is 29.3 Å². The van der Waals surface area contributed by atoms with Crippen molar-refractivity contribution in [2.75, 3.05) is 20.2 Å². The van der Waals surface area contributed by atoms with Crippen LogP contribution in [0.3, 0.4) is 0 Å². The summed E-state index contributed by atoms with van der Waals surface area (Å²) in [6.45, 7) is 5.18. The largest absolute Gasteiger partial charge is 0.496 e.